The second kappa shape index (κ2) is 6.68. The summed E-state index contributed by atoms with van der Waals surface area (Å²) in [7, 11) is 0. The maximum atomic E-state index is 14.4. The molecule has 0 unspecified atom stereocenters. The first-order valence-electron chi connectivity index (χ1n) is 8.22. The first-order chi connectivity index (χ1) is 12.3. The van der Waals surface area contributed by atoms with Gasteiger partial charge in [0, 0.05) is 23.5 Å². The minimum absolute atomic E-state index is 0.0162. The topological polar surface area (TPSA) is 68.3 Å². The number of rotatable bonds is 3. The van der Waals surface area contributed by atoms with Crippen LogP contribution in [0.5, 0.6) is 11.6 Å². The molecular formula is C19H18ClFN2O3. The van der Waals surface area contributed by atoms with E-state index in [1.165, 1.54) is 6.07 Å². The molecule has 3 rings (SSSR count). The van der Waals surface area contributed by atoms with Crippen LogP contribution in [-0.4, -0.2) is 16.8 Å². The van der Waals surface area contributed by atoms with Crippen molar-refractivity contribution in [3.05, 3.63) is 52.4 Å². The molecule has 7 heteroatoms. The Morgan fingerprint density at radius 1 is 1.27 bits per heavy atom. The van der Waals surface area contributed by atoms with Crippen molar-refractivity contribution >= 4 is 23.4 Å². The number of hydrogen-bond acceptors (Lipinski definition) is 4. The lowest BCUT2D eigenvalue weighted by Crippen LogP contribution is -2.44. The lowest BCUT2D eigenvalue weighted by molar-refractivity contribution is -0.136. The zero-order chi connectivity index (χ0) is 19.1. The van der Waals surface area contributed by atoms with Crippen molar-refractivity contribution in [2.75, 3.05) is 0 Å². The van der Waals surface area contributed by atoms with E-state index in [0.717, 1.165) is 0 Å². The number of ether oxygens (including phenoxy) is 1. The molecule has 0 radical (unpaired) electrons. The SMILES string of the molecule is CCC(=O)NC(=O)C(C)(C)[C@@H]1c2ccc(Cl)nc2Oc2c(F)cccc21. The molecule has 5 nitrogen and oxygen atoms in total. The summed E-state index contributed by atoms with van der Waals surface area (Å²) in [5.41, 5.74) is 0.0591. The van der Waals surface area contributed by atoms with Crippen molar-refractivity contribution in [2.45, 2.75) is 33.1 Å². The fourth-order valence-electron chi connectivity index (χ4n) is 3.14. The lowest BCUT2D eigenvalue weighted by atomic mass is 9.69. The summed E-state index contributed by atoms with van der Waals surface area (Å²) in [4.78, 5) is 28.6. The van der Waals surface area contributed by atoms with Gasteiger partial charge in [0.05, 0.1) is 5.41 Å². The second-order valence-corrected chi connectivity index (χ2v) is 7.06. The number of para-hydroxylation sites is 1. The maximum Gasteiger partial charge on any atom is 0.233 e. The van der Waals surface area contributed by atoms with Crippen molar-refractivity contribution in [1.29, 1.82) is 0 Å². The molecule has 1 aromatic carbocycles. The van der Waals surface area contributed by atoms with E-state index in [0.29, 0.717) is 11.1 Å². The van der Waals surface area contributed by atoms with E-state index in [9.17, 15) is 14.0 Å². The molecule has 1 N–H and O–H groups in total. The van der Waals surface area contributed by atoms with Crippen molar-refractivity contribution in [3.63, 3.8) is 0 Å². The number of fused-ring (bicyclic) bond motifs is 2. The van der Waals surface area contributed by atoms with Gasteiger partial charge in [-0.25, -0.2) is 9.37 Å². The Labute approximate surface area is 155 Å². The average molecular weight is 377 g/mol. The van der Waals surface area contributed by atoms with E-state index in [1.807, 2.05) is 0 Å². The zero-order valence-electron chi connectivity index (χ0n) is 14.6. The van der Waals surface area contributed by atoms with Crippen LogP contribution in [0.1, 0.15) is 44.2 Å². The Bertz CT molecular complexity index is 898. The molecule has 1 aliphatic rings. The Balaban J connectivity index is 2.16. The number of hydrogen-bond donors (Lipinski definition) is 1. The quantitative estimate of drug-likeness (QED) is 0.815. The molecule has 2 aromatic rings. The van der Waals surface area contributed by atoms with Crippen LogP contribution in [0.2, 0.25) is 5.15 Å². The number of carbonyl (C=O) groups excluding carboxylic acids is 2. The highest BCUT2D eigenvalue weighted by atomic mass is 35.5. The summed E-state index contributed by atoms with van der Waals surface area (Å²) < 4.78 is 20.0. The Hall–Kier alpha value is -2.47. The highest BCUT2D eigenvalue weighted by molar-refractivity contribution is 6.29. The zero-order valence-corrected chi connectivity index (χ0v) is 15.4. The number of pyridine rings is 1. The van der Waals surface area contributed by atoms with Gasteiger partial charge in [-0.1, -0.05) is 44.5 Å². The molecule has 26 heavy (non-hydrogen) atoms. The largest absolute Gasteiger partial charge is 0.435 e. The van der Waals surface area contributed by atoms with E-state index in [1.54, 1.807) is 45.0 Å². The summed E-state index contributed by atoms with van der Waals surface area (Å²) in [5, 5.41) is 2.60. The first-order valence-corrected chi connectivity index (χ1v) is 8.60. The van der Waals surface area contributed by atoms with Gasteiger partial charge in [0.15, 0.2) is 11.6 Å². The van der Waals surface area contributed by atoms with Crippen molar-refractivity contribution in [1.82, 2.24) is 10.3 Å². The number of nitrogens with one attached hydrogen (secondary N) is 1. The van der Waals surface area contributed by atoms with Crippen molar-refractivity contribution in [3.8, 4) is 11.6 Å². The van der Waals surface area contributed by atoms with Crippen LogP contribution in [0.3, 0.4) is 0 Å². The molecule has 1 atom stereocenters. The molecule has 2 heterocycles. The van der Waals surface area contributed by atoms with E-state index in [2.05, 4.69) is 10.3 Å². The van der Waals surface area contributed by atoms with Crippen molar-refractivity contribution in [2.24, 2.45) is 5.41 Å². The molecule has 0 saturated carbocycles. The molecule has 0 fully saturated rings. The van der Waals surface area contributed by atoms with Crippen LogP contribution in [0.25, 0.3) is 0 Å². The number of imide groups is 1. The molecule has 0 saturated heterocycles. The summed E-state index contributed by atoms with van der Waals surface area (Å²) in [6, 6.07) is 7.84. The summed E-state index contributed by atoms with van der Waals surface area (Å²) in [5.74, 6) is -1.77. The second-order valence-electron chi connectivity index (χ2n) is 6.67. The van der Waals surface area contributed by atoms with Crippen molar-refractivity contribution < 1.29 is 18.7 Å². The number of benzene rings is 1. The van der Waals surface area contributed by atoms with Gasteiger partial charge in [-0.05, 0) is 18.2 Å². The predicted octanol–water partition coefficient (Wildman–Crippen LogP) is 4.19. The lowest BCUT2D eigenvalue weighted by Gasteiger charge is -2.37. The van der Waals surface area contributed by atoms with Crippen LogP contribution < -0.4 is 10.1 Å². The molecule has 2 amide bonds. The van der Waals surface area contributed by atoms with Gasteiger partial charge in [0.25, 0.3) is 0 Å². The molecule has 1 aliphatic heterocycles. The monoisotopic (exact) mass is 376 g/mol. The predicted molar refractivity (Wildman–Crippen MR) is 94.8 cm³/mol. The third-order valence-electron chi connectivity index (χ3n) is 4.55. The molecular weight excluding hydrogens is 359 g/mol. The van der Waals surface area contributed by atoms with Gasteiger partial charge in [0.2, 0.25) is 17.7 Å². The standard InChI is InChI=1S/C19H18ClFN2O3/c1-4-14(24)23-18(25)19(2,3)15-10-6-5-7-12(21)16(10)26-17-11(15)8-9-13(20)22-17/h5-9,15H,4H2,1-3H3,(H,23,24,25)/t15-/m0/s1. The number of nitrogens with zero attached hydrogens (tertiary/aromatic N) is 1. The Morgan fingerprint density at radius 2 is 2.00 bits per heavy atom. The molecule has 1 aromatic heterocycles. The van der Waals surface area contributed by atoms with Gasteiger partial charge in [0.1, 0.15) is 5.15 Å². The van der Waals surface area contributed by atoms with Crippen LogP contribution in [-0.2, 0) is 9.59 Å². The third kappa shape index (κ3) is 3.05. The number of amides is 2. The average Bonchev–Trinajstić information content (AvgIpc) is 2.60. The molecule has 0 aliphatic carbocycles. The smallest absolute Gasteiger partial charge is 0.233 e. The molecule has 0 spiro atoms. The minimum Gasteiger partial charge on any atom is -0.435 e. The third-order valence-corrected chi connectivity index (χ3v) is 4.77. The normalized spacial score (nSPS) is 15.5. The highest BCUT2D eigenvalue weighted by Crippen LogP contribution is 2.52. The Kier molecular flexibility index (Phi) is 4.71. The minimum atomic E-state index is -1.07. The van der Waals surface area contributed by atoms with Crippen LogP contribution in [0.4, 0.5) is 4.39 Å². The van der Waals surface area contributed by atoms with E-state index in [-0.39, 0.29) is 29.1 Å². The van der Waals surface area contributed by atoms with Crippen LogP contribution >= 0.6 is 11.6 Å². The fraction of sp³-hybridized carbons (Fsp3) is 0.316. The van der Waals surface area contributed by atoms with Gasteiger partial charge in [-0.2, -0.15) is 0 Å². The van der Waals surface area contributed by atoms with Crippen LogP contribution in [0.15, 0.2) is 30.3 Å². The highest BCUT2D eigenvalue weighted by Gasteiger charge is 2.45. The van der Waals surface area contributed by atoms with Gasteiger partial charge in [-0.15, -0.1) is 0 Å². The number of carbonyl (C=O) groups is 2. The van der Waals surface area contributed by atoms with Gasteiger partial charge < -0.3 is 4.74 Å². The van der Waals surface area contributed by atoms with Gasteiger partial charge >= 0.3 is 0 Å². The van der Waals surface area contributed by atoms with Gasteiger partial charge in [-0.3, -0.25) is 14.9 Å². The van der Waals surface area contributed by atoms with Crippen LogP contribution in [0, 0.1) is 11.2 Å². The maximum absolute atomic E-state index is 14.4. The number of aromatic nitrogens is 1. The first kappa shape index (κ1) is 18.3. The summed E-state index contributed by atoms with van der Waals surface area (Å²) in [6.45, 7) is 5.07. The Morgan fingerprint density at radius 3 is 2.69 bits per heavy atom. The van der Waals surface area contributed by atoms with E-state index in [4.69, 9.17) is 16.3 Å². The summed E-state index contributed by atoms with van der Waals surface area (Å²) >= 11 is 5.95. The van der Waals surface area contributed by atoms with E-state index >= 15 is 0 Å². The molecule has 0 bridgehead atoms. The molecule has 136 valence electrons. The fourth-order valence-corrected chi connectivity index (χ4v) is 3.28. The number of halogens is 2. The van der Waals surface area contributed by atoms with E-state index < -0.39 is 23.1 Å². The summed E-state index contributed by atoms with van der Waals surface area (Å²) in [6.07, 6.45) is 0.189.